The average Bonchev–Trinajstić information content (AvgIpc) is 0.808. The summed E-state index contributed by atoms with van der Waals surface area (Å²) in [6.45, 7) is 9.31. The Labute approximate surface area is 605 Å². The lowest BCUT2D eigenvalue weighted by molar-refractivity contribution is 0.573. The Balaban J connectivity index is 0.000000225. The summed E-state index contributed by atoms with van der Waals surface area (Å²) in [6, 6.07) is 130. The molecule has 7 heteroatoms. The molecule has 0 spiro atoms. The van der Waals surface area contributed by atoms with Crippen LogP contribution in [0.4, 0.5) is 51.2 Å². The standard InChI is InChI=1S/C64H56N2OSi2.C30H22BrN/c1-68(2,59-45-37-51(38-46-59)31-29-49-33-41-57(42-34-49)65(55-21-7-5-8-22-55)63-27-15-19-53-17-11-13-25-61(53)63)67-69(3,4)60-47-39-52(40-48-60)32-30-50-35-43-58(44-36-50)66(56-23-9-6-10-24-56)64-28-16-20-54-18-12-14-26-62(54)64;31-26-19-15-23(16-20-26)13-14-24-17-21-28(22-18-24)32(27-9-2-1-3-10-27)30-12-6-8-25-7-4-5-11-29(25)30/h5-48H,1-4H3;1-22H/b31-29+,32-30+;14-13+. The van der Waals surface area contributed by atoms with Crippen molar-refractivity contribution in [1.29, 1.82) is 0 Å². The van der Waals surface area contributed by atoms with Gasteiger partial charge in [0.2, 0.25) is 16.6 Å². The zero-order valence-corrected chi connectivity index (χ0v) is 60.8. The minimum atomic E-state index is -2.23. The molecule has 15 aromatic carbocycles. The van der Waals surface area contributed by atoms with Gasteiger partial charge in [-0.3, -0.25) is 0 Å². The normalized spacial score (nSPS) is 11.7. The molecule has 101 heavy (non-hydrogen) atoms. The molecule has 15 aromatic rings. The average molecular weight is 1400 g/mol. The first kappa shape index (κ1) is 66.8. The monoisotopic (exact) mass is 1400 g/mol. The van der Waals surface area contributed by atoms with E-state index in [2.05, 4.69) is 457 Å². The Morgan fingerprint density at radius 1 is 0.228 bits per heavy atom. The Morgan fingerprint density at radius 2 is 0.446 bits per heavy atom. The second-order valence-corrected chi connectivity index (χ2v) is 35.1. The van der Waals surface area contributed by atoms with Gasteiger partial charge in [0, 0.05) is 54.8 Å². The fourth-order valence-electron chi connectivity index (χ4n) is 13.3. The first-order valence-electron chi connectivity index (χ1n) is 34.5. The van der Waals surface area contributed by atoms with Gasteiger partial charge in [-0.2, -0.15) is 0 Å². The first-order chi connectivity index (χ1) is 49.5. The van der Waals surface area contributed by atoms with E-state index in [9.17, 15) is 0 Å². The van der Waals surface area contributed by atoms with E-state index in [0.717, 1.165) is 61.1 Å². The number of para-hydroxylation sites is 3. The van der Waals surface area contributed by atoms with E-state index < -0.39 is 16.6 Å². The van der Waals surface area contributed by atoms with Crippen LogP contribution in [0.2, 0.25) is 26.2 Å². The Hall–Kier alpha value is -11.4. The number of hydrogen-bond donors (Lipinski definition) is 0. The van der Waals surface area contributed by atoms with Crippen molar-refractivity contribution in [3.63, 3.8) is 0 Å². The number of anilines is 9. The zero-order chi connectivity index (χ0) is 69.0. The predicted molar refractivity (Wildman–Crippen MR) is 445 cm³/mol. The third kappa shape index (κ3) is 15.9. The van der Waals surface area contributed by atoms with Crippen molar-refractivity contribution >= 4 is 163 Å². The molecule has 0 saturated heterocycles. The van der Waals surface area contributed by atoms with Crippen molar-refractivity contribution in [1.82, 2.24) is 0 Å². The third-order valence-electron chi connectivity index (χ3n) is 18.5. The molecule has 0 aliphatic heterocycles. The molecule has 0 saturated carbocycles. The minimum Gasteiger partial charge on any atom is -0.449 e. The summed E-state index contributed by atoms with van der Waals surface area (Å²) in [4.78, 5) is 7.01. The van der Waals surface area contributed by atoms with Crippen molar-refractivity contribution < 1.29 is 4.12 Å². The Kier molecular flexibility index (Phi) is 20.4. The van der Waals surface area contributed by atoms with E-state index in [4.69, 9.17) is 4.12 Å². The van der Waals surface area contributed by atoms with Crippen LogP contribution in [0.1, 0.15) is 33.4 Å². The van der Waals surface area contributed by atoms with E-state index in [0.29, 0.717) is 0 Å². The molecule has 0 unspecified atom stereocenters. The van der Waals surface area contributed by atoms with Crippen LogP contribution in [0.25, 0.3) is 68.8 Å². The fourth-order valence-corrected chi connectivity index (χ4v) is 21.6. The van der Waals surface area contributed by atoms with Crippen molar-refractivity contribution in [2.24, 2.45) is 0 Å². The molecule has 0 aliphatic carbocycles. The maximum Gasteiger partial charge on any atom is 0.206 e. The summed E-state index contributed by atoms with van der Waals surface area (Å²) in [5.41, 5.74) is 17.2. The highest BCUT2D eigenvalue weighted by Crippen LogP contribution is 2.42. The van der Waals surface area contributed by atoms with E-state index in [1.165, 1.54) is 70.6 Å². The molecule has 0 fully saturated rings. The molecular formula is C94H78BrN3OSi2. The van der Waals surface area contributed by atoms with Crippen LogP contribution in [0.5, 0.6) is 0 Å². The molecule has 0 N–H and O–H groups in total. The van der Waals surface area contributed by atoms with Crippen molar-refractivity contribution in [2.45, 2.75) is 26.2 Å². The van der Waals surface area contributed by atoms with Gasteiger partial charge in [-0.1, -0.05) is 313 Å². The van der Waals surface area contributed by atoms with Crippen LogP contribution in [-0.2, 0) is 4.12 Å². The maximum absolute atomic E-state index is 7.21. The third-order valence-corrected chi connectivity index (χ3v) is 26.6. The number of benzene rings is 15. The van der Waals surface area contributed by atoms with Crippen LogP contribution in [-0.4, -0.2) is 16.6 Å². The number of fused-ring (bicyclic) bond motifs is 3. The summed E-state index contributed by atoms with van der Waals surface area (Å²) in [7, 11) is -4.45. The van der Waals surface area contributed by atoms with Gasteiger partial charge in [0.05, 0.1) is 17.1 Å². The van der Waals surface area contributed by atoms with Gasteiger partial charge in [0.25, 0.3) is 0 Å². The molecule has 15 rings (SSSR count). The van der Waals surface area contributed by atoms with Crippen molar-refractivity contribution in [2.75, 3.05) is 14.7 Å². The van der Waals surface area contributed by atoms with E-state index in [1.807, 2.05) is 0 Å². The number of rotatable bonds is 19. The maximum atomic E-state index is 7.21. The number of hydrogen-bond acceptors (Lipinski definition) is 4. The van der Waals surface area contributed by atoms with Gasteiger partial charge in [-0.25, -0.2) is 0 Å². The molecule has 0 radical (unpaired) electrons. The van der Waals surface area contributed by atoms with E-state index >= 15 is 0 Å². The van der Waals surface area contributed by atoms with Crippen LogP contribution in [0, 0.1) is 0 Å². The molecule has 4 nitrogen and oxygen atoms in total. The highest BCUT2D eigenvalue weighted by atomic mass is 79.9. The second kappa shape index (κ2) is 30.8. The van der Waals surface area contributed by atoms with Gasteiger partial charge in [0.15, 0.2) is 0 Å². The zero-order valence-electron chi connectivity index (χ0n) is 57.2. The van der Waals surface area contributed by atoms with Crippen LogP contribution in [0.3, 0.4) is 0 Å². The number of halogens is 1. The fraction of sp³-hybridized carbons (Fsp3) is 0.0426. The quantitative estimate of drug-likeness (QED) is 0.0593. The van der Waals surface area contributed by atoms with Crippen molar-refractivity contribution in [3.8, 4) is 0 Å². The van der Waals surface area contributed by atoms with Gasteiger partial charge in [-0.05, 0) is 189 Å². The minimum absolute atomic E-state index is 1.09. The lowest BCUT2D eigenvalue weighted by Gasteiger charge is -2.34. The van der Waals surface area contributed by atoms with Crippen LogP contribution >= 0.6 is 15.9 Å². The molecule has 0 atom stereocenters. The van der Waals surface area contributed by atoms with Gasteiger partial charge in [0.1, 0.15) is 0 Å². The van der Waals surface area contributed by atoms with Crippen LogP contribution < -0.4 is 25.1 Å². The SMILES string of the molecule is Brc1ccc(/C=C/c2ccc(N(c3ccccc3)c3cccc4ccccc34)cc2)cc1.C[Si](C)(O[Si](C)(C)c1ccc(/C=C/c2ccc(N(c3ccccc3)c3cccc4ccccc34)cc2)cc1)c1ccc(/C=C/c2ccc(N(c3ccccc3)c3cccc4ccccc34)cc2)cc1. The van der Waals surface area contributed by atoms with Gasteiger partial charge >= 0.3 is 0 Å². The molecule has 0 bridgehead atoms. The topological polar surface area (TPSA) is 19.0 Å². The molecule has 0 aromatic heterocycles. The number of nitrogens with zero attached hydrogens (tertiary/aromatic N) is 3. The highest BCUT2D eigenvalue weighted by molar-refractivity contribution is 9.10. The summed E-state index contributed by atoms with van der Waals surface area (Å²) < 4.78 is 8.30. The highest BCUT2D eigenvalue weighted by Gasteiger charge is 2.36. The van der Waals surface area contributed by atoms with Gasteiger partial charge < -0.3 is 18.8 Å². The summed E-state index contributed by atoms with van der Waals surface area (Å²) in [5, 5.41) is 9.97. The lowest BCUT2D eigenvalue weighted by atomic mass is 10.1. The van der Waals surface area contributed by atoms with Crippen molar-refractivity contribution in [3.05, 3.63) is 402 Å². The smallest absolute Gasteiger partial charge is 0.206 e. The molecule has 0 heterocycles. The first-order valence-corrected chi connectivity index (χ1v) is 41.1. The lowest BCUT2D eigenvalue weighted by Crippen LogP contribution is -2.57. The summed E-state index contributed by atoms with van der Waals surface area (Å²) in [5.74, 6) is 0. The van der Waals surface area contributed by atoms with Gasteiger partial charge in [-0.15, -0.1) is 0 Å². The van der Waals surface area contributed by atoms with E-state index in [1.54, 1.807) is 0 Å². The Morgan fingerprint density at radius 3 is 0.723 bits per heavy atom. The van der Waals surface area contributed by atoms with E-state index in [-0.39, 0.29) is 0 Å². The summed E-state index contributed by atoms with van der Waals surface area (Å²) >= 11 is 3.49. The predicted octanol–water partition coefficient (Wildman–Crippen LogP) is 26.1. The van der Waals surface area contributed by atoms with Crippen LogP contribution in [0.15, 0.2) is 368 Å². The molecular weight excluding hydrogens is 1320 g/mol. The molecule has 490 valence electrons. The second-order valence-electron chi connectivity index (χ2n) is 26.2. The Bertz CT molecular complexity index is 5110. The summed E-state index contributed by atoms with van der Waals surface area (Å²) in [6.07, 6.45) is 13.1. The molecule has 0 amide bonds. The molecule has 0 aliphatic rings. The largest absolute Gasteiger partial charge is 0.449 e.